The first-order chi connectivity index (χ1) is 6.33. The zero-order chi connectivity index (χ0) is 8.84. The molecule has 9 heteroatoms. The van der Waals surface area contributed by atoms with E-state index in [2.05, 4.69) is 32.4 Å². The van der Waals surface area contributed by atoms with Gasteiger partial charge in [-0.1, -0.05) is 0 Å². The molecule has 0 amide bonds. The van der Waals surface area contributed by atoms with Gasteiger partial charge in [-0.3, -0.25) is 15.9 Å². The van der Waals surface area contributed by atoms with E-state index in [1.165, 1.54) is 0 Å². The summed E-state index contributed by atoms with van der Waals surface area (Å²) in [5, 5.41) is 17.7. The second-order valence-electron chi connectivity index (χ2n) is 3.13. The normalized spacial score (nSPS) is 50.5. The second kappa shape index (κ2) is 2.81. The number of hydrazine groups is 2. The third-order valence-electron chi connectivity index (χ3n) is 2.27. The van der Waals surface area contributed by atoms with Gasteiger partial charge in [-0.15, -0.1) is 0 Å². The molecule has 0 aromatic heterocycles. The fourth-order valence-corrected chi connectivity index (χ4v) is 1.65. The number of fused-ring (bicyclic) bond motifs is 2. The maximum absolute atomic E-state index is 10.9. The Morgan fingerprint density at radius 1 is 0.923 bits per heavy atom. The van der Waals surface area contributed by atoms with Gasteiger partial charge in [0.15, 0.2) is 0 Å². The topological polar surface area (TPSA) is 108 Å². The number of nitrogens with one attached hydrogen (secondary N) is 6. The molecule has 3 fully saturated rings. The molecule has 4 atom stereocenters. The average molecular weight is 188 g/mol. The largest absolute Gasteiger partial charge is 0.758 e. The van der Waals surface area contributed by atoms with Crippen LogP contribution in [0, 0.1) is 5.21 Å². The first-order valence-electron chi connectivity index (χ1n) is 4.01. The molecular weight excluding hydrogens is 178 g/mol. The molecule has 3 heterocycles. The van der Waals surface area contributed by atoms with Crippen molar-refractivity contribution in [2.45, 2.75) is 24.7 Å². The Hall–Kier alpha value is -0.360. The zero-order valence-corrected chi connectivity index (χ0v) is 6.57. The molecule has 13 heavy (non-hydrogen) atoms. The summed E-state index contributed by atoms with van der Waals surface area (Å²) in [6, 6.07) is 0. The summed E-state index contributed by atoms with van der Waals surface area (Å²) in [5.74, 6) is 0. The highest BCUT2D eigenvalue weighted by atomic mass is 16.8. The summed E-state index contributed by atoms with van der Waals surface area (Å²) < 4.78 is 0. The molecule has 6 N–H and O–H groups in total. The van der Waals surface area contributed by atoms with Crippen LogP contribution in [0.25, 0.3) is 0 Å². The predicted octanol–water partition coefficient (Wildman–Crippen LogP) is -3.65. The molecule has 3 rings (SSSR count). The monoisotopic (exact) mass is 188 g/mol. The van der Waals surface area contributed by atoms with Crippen molar-refractivity contribution in [3.8, 4) is 0 Å². The van der Waals surface area contributed by atoms with Gasteiger partial charge in [0.05, 0.1) is 0 Å². The molecule has 3 aliphatic rings. The molecule has 3 saturated heterocycles. The molecule has 9 nitrogen and oxygen atoms in total. The van der Waals surface area contributed by atoms with E-state index in [0.29, 0.717) is 5.28 Å². The SMILES string of the molecule is [O-]N1NC2NC3NONC3NC2N1. The Labute approximate surface area is 73.6 Å². The van der Waals surface area contributed by atoms with Crippen molar-refractivity contribution in [2.75, 3.05) is 0 Å². The van der Waals surface area contributed by atoms with Gasteiger partial charge >= 0.3 is 0 Å². The van der Waals surface area contributed by atoms with Gasteiger partial charge in [-0.25, -0.2) is 15.8 Å². The van der Waals surface area contributed by atoms with Gasteiger partial charge < -0.3 is 5.21 Å². The number of hydroxylamine groups is 2. The Bertz CT molecular complexity index is 195. The van der Waals surface area contributed by atoms with Crippen LogP contribution in [-0.2, 0) is 4.94 Å². The van der Waals surface area contributed by atoms with Crippen LogP contribution in [0.1, 0.15) is 0 Å². The number of piperazine rings is 1. The van der Waals surface area contributed by atoms with Crippen molar-refractivity contribution in [3.63, 3.8) is 0 Å². The van der Waals surface area contributed by atoms with Gasteiger partial charge in [-0.05, 0) is 0 Å². The van der Waals surface area contributed by atoms with Crippen LogP contribution in [0.15, 0.2) is 0 Å². The third-order valence-corrected chi connectivity index (χ3v) is 2.27. The molecular formula is C4H10N7O2-. The van der Waals surface area contributed by atoms with Crippen molar-refractivity contribution in [1.29, 1.82) is 0 Å². The number of hydrogen-bond donors (Lipinski definition) is 6. The van der Waals surface area contributed by atoms with E-state index in [-0.39, 0.29) is 24.7 Å². The number of nitrogens with zero attached hydrogens (tertiary/aromatic N) is 1. The number of rotatable bonds is 0. The van der Waals surface area contributed by atoms with E-state index in [1.807, 2.05) is 0 Å². The van der Waals surface area contributed by atoms with Crippen LogP contribution in [0.2, 0.25) is 0 Å². The van der Waals surface area contributed by atoms with Crippen LogP contribution < -0.4 is 32.4 Å². The molecule has 74 valence electrons. The minimum absolute atomic E-state index is 0.0537. The van der Waals surface area contributed by atoms with Crippen LogP contribution in [-0.4, -0.2) is 29.9 Å². The van der Waals surface area contributed by atoms with Crippen LogP contribution in [0.4, 0.5) is 0 Å². The second-order valence-corrected chi connectivity index (χ2v) is 3.13. The quantitative estimate of drug-likeness (QED) is 0.229. The van der Waals surface area contributed by atoms with Crippen LogP contribution >= 0.6 is 0 Å². The highest BCUT2D eigenvalue weighted by Crippen LogP contribution is 2.08. The summed E-state index contributed by atoms with van der Waals surface area (Å²) in [4.78, 5) is 4.81. The first-order valence-corrected chi connectivity index (χ1v) is 4.01. The Kier molecular flexibility index (Phi) is 1.73. The van der Waals surface area contributed by atoms with Crippen LogP contribution in [0.5, 0.6) is 0 Å². The van der Waals surface area contributed by atoms with Crippen molar-refractivity contribution >= 4 is 0 Å². The lowest BCUT2D eigenvalue weighted by Gasteiger charge is -2.33. The third kappa shape index (κ3) is 1.23. The summed E-state index contributed by atoms with van der Waals surface area (Å²) in [6.45, 7) is 0. The van der Waals surface area contributed by atoms with Crippen LogP contribution in [0.3, 0.4) is 0 Å². The van der Waals surface area contributed by atoms with Gasteiger partial charge in [0, 0.05) is 0 Å². The van der Waals surface area contributed by atoms with Gasteiger partial charge in [-0.2, -0.15) is 11.0 Å². The highest BCUT2D eigenvalue weighted by molar-refractivity contribution is 4.94. The zero-order valence-electron chi connectivity index (χ0n) is 6.57. The van der Waals surface area contributed by atoms with Crippen molar-refractivity contribution in [2.24, 2.45) is 0 Å². The van der Waals surface area contributed by atoms with Crippen molar-refractivity contribution in [1.82, 2.24) is 37.7 Å². The fourth-order valence-electron chi connectivity index (χ4n) is 1.65. The van der Waals surface area contributed by atoms with Crippen molar-refractivity contribution < 1.29 is 4.94 Å². The van der Waals surface area contributed by atoms with Gasteiger partial charge in [0.1, 0.15) is 24.7 Å². The summed E-state index contributed by atoms with van der Waals surface area (Å²) >= 11 is 0. The summed E-state index contributed by atoms with van der Waals surface area (Å²) in [5.41, 5.74) is 10.7. The molecule has 0 radical (unpaired) electrons. The minimum Gasteiger partial charge on any atom is -0.758 e. The molecule has 4 unspecified atom stereocenters. The van der Waals surface area contributed by atoms with E-state index >= 15 is 0 Å². The molecule has 0 aromatic rings. The van der Waals surface area contributed by atoms with Crippen molar-refractivity contribution in [3.05, 3.63) is 5.21 Å². The summed E-state index contributed by atoms with van der Waals surface area (Å²) in [6.07, 6.45) is -0.395. The first kappa shape index (κ1) is 7.99. The highest BCUT2D eigenvalue weighted by Gasteiger charge is 2.42. The standard InChI is InChI=1S/C4H10N7O2/c12-11-7-1-2(8-11)6-4-3(5-1)9-13-10-4/h1-10H/q-1. The summed E-state index contributed by atoms with van der Waals surface area (Å²) in [7, 11) is 0. The van der Waals surface area contributed by atoms with E-state index in [0.717, 1.165) is 0 Å². The fraction of sp³-hybridized carbons (Fsp3) is 1.00. The molecule has 0 bridgehead atoms. The molecule has 0 saturated carbocycles. The molecule has 0 aromatic carbocycles. The van der Waals surface area contributed by atoms with E-state index in [1.54, 1.807) is 0 Å². The smallest absolute Gasteiger partial charge is 0.116 e. The Balaban J connectivity index is 1.73. The minimum atomic E-state index is -0.144. The van der Waals surface area contributed by atoms with E-state index in [9.17, 15) is 5.21 Å². The lowest BCUT2D eigenvalue weighted by molar-refractivity contribution is 0.00557. The maximum Gasteiger partial charge on any atom is 0.116 e. The average Bonchev–Trinajstić information content (AvgIpc) is 2.63. The lowest BCUT2D eigenvalue weighted by atomic mass is 10.2. The van der Waals surface area contributed by atoms with E-state index < -0.39 is 0 Å². The lowest BCUT2D eigenvalue weighted by Crippen LogP contribution is -2.71. The number of hydrogen-bond acceptors (Lipinski definition) is 9. The van der Waals surface area contributed by atoms with E-state index in [4.69, 9.17) is 4.94 Å². The predicted molar refractivity (Wildman–Crippen MR) is 40.3 cm³/mol. The van der Waals surface area contributed by atoms with Gasteiger partial charge in [0.25, 0.3) is 0 Å². The molecule has 0 aliphatic carbocycles. The Morgan fingerprint density at radius 3 is 2.00 bits per heavy atom. The Morgan fingerprint density at radius 2 is 1.46 bits per heavy atom. The van der Waals surface area contributed by atoms with Gasteiger partial charge in [0.2, 0.25) is 0 Å². The maximum atomic E-state index is 10.9. The molecule has 0 spiro atoms. The molecule has 3 aliphatic heterocycles.